The van der Waals surface area contributed by atoms with Crippen molar-refractivity contribution in [3.8, 4) is 0 Å². The summed E-state index contributed by atoms with van der Waals surface area (Å²) in [4.78, 5) is 4.06. The molecule has 32 heavy (non-hydrogen) atoms. The Labute approximate surface area is 241 Å². The Morgan fingerprint density at radius 3 is 1.12 bits per heavy atom. The summed E-state index contributed by atoms with van der Waals surface area (Å²) < 4.78 is 1.05. The third-order valence-electron chi connectivity index (χ3n) is 9.79. The zero-order chi connectivity index (χ0) is 24.0. The van der Waals surface area contributed by atoms with Gasteiger partial charge in [-0.3, -0.25) is 0 Å². The van der Waals surface area contributed by atoms with Crippen molar-refractivity contribution in [2.45, 2.75) is 76.2 Å². The molecule has 1 nitrogen and oxygen atoms in total. The van der Waals surface area contributed by atoms with Crippen LogP contribution in [0, 0.1) is 106 Å². The molecule has 3 heteroatoms. The van der Waals surface area contributed by atoms with Gasteiger partial charge in [0.05, 0.1) is 0 Å². The molecule has 181 valence electrons. The van der Waals surface area contributed by atoms with Crippen molar-refractivity contribution in [1.82, 2.24) is 0 Å². The van der Waals surface area contributed by atoms with Crippen molar-refractivity contribution in [3.05, 3.63) is 34.3 Å². The zero-order valence-corrected chi connectivity index (χ0v) is 26.9. The molecular weight excluding hydrogens is 593 g/mol. The smallest absolute Gasteiger partial charge is 0.341 e. The van der Waals surface area contributed by atoms with Gasteiger partial charge in [0.25, 0.3) is 0 Å². The summed E-state index contributed by atoms with van der Waals surface area (Å²) in [5, 5.41) is 0. The molecule has 2 fully saturated rings. The number of hydrogen-bond donors (Lipinski definition) is 0. The maximum absolute atomic E-state index is 4.06. The van der Waals surface area contributed by atoms with Gasteiger partial charge in [0.15, 0.2) is 0 Å². The molecule has 1 aromatic rings. The van der Waals surface area contributed by atoms with Crippen LogP contribution >= 0.6 is 15.9 Å². The molecule has 0 aliphatic heterocycles. The minimum atomic E-state index is 0. The number of aliphatic imine (C=N–C) groups is 1. The third kappa shape index (κ3) is 8.43. The molecule has 0 aromatic heterocycles. The Hall–Kier alpha value is 0.708. The van der Waals surface area contributed by atoms with Crippen LogP contribution in [0.25, 0.3) is 0 Å². The molecule has 0 atom stereocenters. The number of benzene rings is 1. The van der Waals surface area contributed by atoms with Crippen LogP contribution < -0.4 is 0 Å². The van der Waals surface area contributed by atoms with Gasteiger partial charge in [0.2, 0.25) is 0 Å². The van der Waals surface area contributed by atoms with E-state index >= 15 is 0 Å². The fourth-order valence-electron chi connectivity index (χ4n) is 5.54. The van der Waals surface area contributed by atoms with Crippen LogP contribution in [-0.2, 0) is 0 Å². The predicted octanol–water partition coefficient (Wildman–Crippen LogP) is 9.05. The standard InChI is InChI=1S/2C10H20.C9H9BrN.Sm/c2*1-6-7(2)9(4)10(5)8(6)3;1-7(11-2)8-3-5-9(10)6-4-8;/h2*6-10H,1-5H3;3,5-6H,1-2H3;/q;;-1;+3. The van der Waals surface area contributed by atoms with Gasteiger partial charge in [0, 0.05) is 7.05 Å². The van der Waals surface area contributed by atoms with Gasteiger partial charge in [-0.2, -0.15) is 0 Å². The average molecular weight is 642 g/mol. The summed E-state index contributed by atoms with van der Waals surface area (Å²) in [6.45, 7) is 26.0. The second-order valence-corrected chi connectivity index (χ2v) is 11.7. The Kier molecular flexibility index (Phi) is 15.3. The van der Waals surface area contributed by atoms with Crippen LogP contribution in [0.4, 0.5) is 0 Å². The normalized spacial score (nSPS) is 38.7. The second kappa shape index (κ2) is 15.0. The Bertz CT molecular complexity index is 565. The topological polar surface area (TPSA) is 12.4 Å². The van der Waals surface area contributed by atoms with Crippen LogP contribution in [0.5, 0.6) is 0 Å². The molecule has 0 amide bonds. The summed E-state index contributed by atoms with van der Waals surface area (Å²) in [6, 6.07) is 8.98. The van der Waals surface area contributed by atoms with Crippen molar-refractivity contribution < 1.29 is 40.4 Å². The molecule has 0 spiro atoms. The second-order valence-electron chi connectivity index (χ2n) is 10.8. The molecule has 2 aliphatic rings. The van der Waals surface area contributed by atoms with Crippen molar-refractivity contribution in [2.75, 3.05) is 7.05 Å². The Balaban J connectivity index is 0.000000444. The first kappa shape index (κ1) is 32.7. The van der Waals surface area contributed by atoms with Crippen molar-refractivity contribution >= 4 is 21.6 Å². The zero-order valence-electron chi connectivity index (χ0n) is 22.7. The van der Waals surface area contributed by atoms with E-state index in [2.05, 4.69) is 96.2 Å². The first-order valence-electron chi connectivity index (χ1n) is 12.5. The summed E-state index contributed by atoms with van der Waals surface area (Å²) in [5.74, 6) is 9.35. The van der Waals surface area contributed by atoms with Gasteiger partial charge >= 0.3 is 40.4 Å². The van der Waals surface area contributed by atoms with Gasteiger partial charge < -0.3 is 4.99 Å². The molecular formula is C29H49BrNSm+2. The largest absolute Gasteiger partial charge is 3.00 e. The van der Waals surface area contributed by atoms with Gasteiger partial charge in [-0.1, -0.05) is 80.6 Å². The molecule has 0 saturated heterocycles. The first-order chi connectivity index (χ1) is 14.3. The van der Waals surface area contributed by atoms with Gasteiger partial charge in [-0.15, -0.1) is 45.8 Å². The molecule has 0 bridgehead atoms. The molecule has 2 aliphatic carbocycles. The summed E-state index contributed by atoms with van der Waals surface area (Å²) in [5.41, 5.74) is 2.06. The number of hydrogen-bond acceptors (Lipinski definition) is 1. The fourth-order valence-corrected chi connectivity index (χ4v) is 5.79. The van der Waals surface area contributed by atoms with E-state index in [9.17, 15) is 0 Å². The van der Waals surface area contributed by atoms with E-state index in [1.807, 2.05) is 25.1 Å². The summed E-state index contributed by atoms with van der Waals surface area (Å²) in [6.07, 6.45) is 0. The monoisotopic (exact) mass is 642 g/mol. The van der Waals surface area contributed by atoms with Crippen LogP contribution in [0.1, 0.15) is 81.7 Å². The van der Waals surface area contributed by atoms with E-state index < -0.39 is 0 Å². The third-order valence-corrected chi connectivity index (χ3v) is 10.3. The van der Waals surface area contributed by atoms with E-state index in [1.54, 1.807) is 7.05 Å². The van der Waals surface area contributed by atoms with Gasteiger partial charge in [-0.25, -0.2) is 0 Å². The minimum absolute atomic E-state index is 0. The molecule has 1 radical (unpaired) electrons. The van der Waals surface area contributed by atoms with E-state index in [0.29, 0.717) is 0 Å². The van der Waals surface area contributed by atoms with Crippen LogP contribution in [0.3, 0.4) is 0 Å². The van der Waals surface area contributed by atoms with Crippen molar-refractivity contribution in [2.24, 2.45) is 64.2 Å². The number of halogens is 1. The van der Waals surface area contributed by atoms with Crippen molar-refractivity contribution in [3.63, 3.8) is 0 Å². The first-order valence-corrected chi connectivity index (χ1v) is 13.2. The Morgan fingerprint density at radius 1 is 0.656 bits per heavy atom. The summed E-state index contributed by atoms with van der Waals surface area (Å²) in [7, 11) is 1.78. The van der Waals surface area contributed by atoms with Gasteiger partial charge in [-0.05, 0) is 64.9 Å². The van der Waals surface area contributed by atoms with Crippen LogP contribution in [0.2, 0.25) is 0 Å². The molecule has 3 rings (SSSR count). The molecule has 0 N–H and O–H groups in total. The Morgan fingerprint density at radius 2 is 0.938 bits per heavy atom. The number of rotatable bonds is 1. The van der Waals surface area contributed by atoms with Crippen molar-refractivity contribution in [1.29, 1.82) is 0 Å². The van der Waals surface area contributed by atoms with E-state index in [4.69, 9.17) is 0 Å². The summed E-state index contributed by atoms with van der Waals surface area (Å²) >= 11 is 3.35. The van der Waals surface area contributed by atoms with Gasteiger partial charge in [0.1, 0.15) is 0 Å². The predicted molar refractivity (Wildman–Crippen MR) is 143 cm³/mol. The average Bonchev–Trinajstić information content (AvgIpc) is 3.04. The molecule has 0 heterocycles. The quantitative estimate of drug-likeness (QED) is 0.214. The fraction of sp³-hybridized carbons (Fsp3) is 0.759. The van der Waals surface area contributed by atoms with Crippen LogP contribution in [0.15, 0.2) is 27.7 Å². The number of nitrogens with zero attached hydrogens (tertiary/aromatic N) is 1. The maximum Gasteiger partial charge on any atom is 3.00 e. The SMILES string of the molecule is CC1C(C)C(C)C(C)C1C.CC1C(C)C(C)C(C)C1C.CN=C(C)c1[c-]cc(Br)cc1.[Sm+3]. The van der Waals surface area contributed by atoms with E-state index in [-0.39, 0.29) is 40.4 Å². The maximum atomic E-state index is 4.06. The van der Waals surface area contributed by atoms with E-state index in [1.165, 1.54) is 0 Å². The van der Waals surface area contributed by atoms with Crippen LogP contribution in [-0.4, -0.2) is 12.8 Å². The molecule has 0 unspecified atom stereocenters. The minimum Gasteiger partial charge on any atom is -0.341 e. The molecule has 1 aromatic carbocycles. The van der Waals surface area contributed by atoms with E-state index in [0.717, 1.165) is 74.9 Å². The molecule has 2 saturated carbocycles.